The molecule has 90 valence electrons. The molecule has 1 heterocycles. The van der Waals surface area contributed by atoms with Crippen LogP contribution in [-0.2, 0) is 4.74 Å². The second-order valence-electron chi connectivity index (χ2n) is 4.54. The first kappa shape index (κ1) is 11.1. The molecule has 3 rings (SSSR count). The summed E-state index contributed by atoms with van der Waals surface area (Å²) < 4.78 is 11.3. The molecule has 1 aliphatic heterocycles. The average Bonchev–Trinajstić information content (AvgIpc) is 2.69. The fourth-order valence-electron chi connectivity index (χ4n) is 2.81. The minimum atomic E-state index is -1.07. The van der Waals surface area contributed by atoms with E-state index in [0.717, 1.165) is 6.42 Å². The maximum Gasteiger partial charge on any atom is 0.237 e. The molecule has 0 saturated heterocycles. The van der Waals surface area contributed by atoms with Gasteiger partial charge in [-0.15, -0.1) is 11.6 Å². The number of halogens is 1. The number of Topliss-reactive ketones (excluding diaryl/α,β-unsaturated/α-hetero) is 1. The summed E-state index contributed by atoms with van der Waals surface area (Å²) in [6, 6.07) is 7.18. The molecule has 1 aliphatic carbocycles. The van der Waals surface area contributed by atoms with Crippen LogP contribution in [0, 0.1) is 0 Å². The first-order valence-electron chi connectivity index (χ1n) is 5.70. The van der Waals surface area contributed by atoms with E-state index >= 15 is 0 Å². The fourth-order valence-corrected chi connectivity index (χ4v) is 3.26. The van der Waals surface area contributed by atoms with Crippen molar-refractivity contribution in [2.75, 3.05) is 7.11 Å². The Morgan fingerprint density at radius 1 is 1.35 bits per heavy atom. The second-order valence-corrected chi connectivity index (χ2v) is 5.18. The lowest BCUT2D eigenvalue weighted by molar-refractivity contribution is -0.172. The van der Waals surface area contributed by atoms with E-state index in [0.29, 0.717) is 24.2 Å². The maximum atomic E-state index is 12.5. The van der Waals surface area contributed by atoms with Gasteiger partial charge in [0.2, 0.25) is 5.79 Å². The number of rotatable bonds is 1. The SMILES string of the molecule is COC12CCCC1(Cl)C(=O)c1ccccc1O2. The highest BCUT2D eigenvalue weighted by atomic mass is 35.5. The van der Waals surface area contributed by atoms with Crippen molar-refractivity contribution in [1.29, 1.82) is 0 Å². The van der Waals surface area contributed by atoms with Crippen LogP contribution < -0.4 is 4.74 Å². The van der Waals surface area contributed by atoms with Gasteiger partial charge in [-0.05, 0) is 25.0 Å². The first-order valence-corrected chi connectivity index (χ1v) is 6.08. The van der Waals surface area contributed by atoms with Crippen molar-refractivity contribution in [2.24, 2.45) is 0 Å². The highest BCUT2D eigenvalue weighted by Crippen LogP contribution is 2.53. The summed E-state index contributed by atoms with van der Waals surface area (Å²) in [6.45, 7) is 0. The van der Waals surface area contributed by atoms with Crippen molar-refractivity contribution in [3.8, 4) is 5.75 Å². The van der Waals surface area contributed by atoms with Gasteiger partial charge in [0.25, 0.3) is 0 Å². The Kier molecular flexibility index (Phi) is 2.25. The van der Waals surface area contributed by atoms with Gasteiger partial charge < -0.3 is 9.47 Å². The summed E-state index contributed by atoms with van der Waals surface area (Å²) in [5.74, 6) is -0.516. The minimum absolute atomic E-state index is 0.0830. The Labute approximate surface area is 105 Å². The third-order valence-electron chi connectivity index (χ3n) is 3.73. The largest absolute Gasteiger partial charge is 0.459 e. The monoisotopic (exact) mass is 252 g/mol. The van der Waals surface area contributed by atoms with Crippen molar-refractivity contribution in [2.45, 2.75) is 29.9 Å². The summed E-state index contributed by atoms with van der Waals surface area (Å²) >= 11 is 6.51. The molecule has 1 saturated carbocycles. The van der Waals surface area contributed by atoms with E-state index in [1.54, 1.807) is 19.2 Å². The standard InChI is InChI=1S/C13H13ClO3/c1-16-13-8-4-7-12(13,14)11(15)9-5-2-3-6-10(9)17-13/h2-3,5-6H,4,7-8H2,1H3. The van der Waals surface area contributed by atoms with Crippen LogP contribution in [0.5, 0.6) is 5.75 Å². The Bertz CT molecular complexity index is 487. The van der Waals surface area contributed by atoms with E-state index in [1.165, 1.54) is 0 Å². The molecule has 1 fully saturated rings. The van der Waals surface area contributed by atoms with Gasteiger partial charge in [-0.3, -0.25) is 4.79 Å². The lowest BCUT2D eigenvalue weighted by Gasteiger charge is -2.43. The van der Waals surface area contributed by atoms with Crippen LogP contribution in [-0.4, -0.2) is 23.6 Å². The van der Waals surface area contributed by atoms with Crippen molar-refractivity contribution < 1.29 is 14.3 Å². The van der Waals surface area contributed by atoms with Gasteiger partial charge in [0.1, 0.15) is 5.75 Å². The zero-order valence-corrected chi connectivity index (χ0v) is 10.3. The van der Waals surface area contributed by atoms with Gasteiger partial charge in [0.15, 0.2) is 10.7 Å². The third kappa shape index (κ3) is 1.24. The van der Waals surface area contributed by atoms with Crippen LogP contribution in [0.15, 0.2) is 24.3 Å². The molecule has 3 nitrogen and oxygen atoms in total. The molecule has 0 amide bonds. The van der Waals surface area contributed by atoms with Gasteiger partial charge in [-0.1, -0.05) is 12.1 Å². The number of para-hydroxylation sites is 1. The van der Waals surface area contributed by atoms with Crippen LogP contribution in [0.25, 0.3) is 0 Å². The first-order chi connectivity index (χ1) is 8.13. The van der Waals surface area contributed by atoms with E-state index < -0.39 is 10.7 Å². The van der Waals surface area contributed by atoms with E-state index in [1.807, 2.05) is 12.1 Å². The minimum Gasteiger partial charge on any atom is -0.459 e. The molecular weight excluding hydrogens is 240 g/mol. The number of fused-ring (bicyclic) bond motifs is 2. The number of ether oxygens (including phenoxy) is 2. The third-order valence-corrected chi connectivity index (χ3v) is 4.38. The molecule has 2 unspecified atom stereocenters. The van der Waals surface area contributed by atoms with Crippen LogP contribution in [0.1, 0.15) is 29.6 Å². The fraction of sp³-hybridized carbons (Fsp3) is 0.462. The van der Waals surface area contributed by atoms with E-state index in [9.17, 15) is 4.79 Å². The molecule has 1 aromatic rings. The predicted molar refractivity (Wildman–Crippen MR) is 63.6 cm³/mol. The maximum absolute atomic E-state index is 12.5. The number of carbonyl (C=O) groups excluding carboxylic acids is 1. The van der Waals surface area contributed by atoms with Crippen molar-refractivity contribution in [3.63, 3.8) is 0 Å². The number of hydrogen-bond donors (Lipinski definition) is 0. The normalized spacial score (nSPS) is 35.1. The van der Waals surface area contributed by atoms with Crippen LogP contribution >= 0.6 is 11.6 Å². The van der Waals surface area contributed by atoms with Gasteiger partial charge in [0.05, 0.1) is 5.56 Å². The molecule has 0 N–H and O–H groups in total. The Morgan fingerprint density at radius 2 is 2.12 bits per heavy atom. The molecule has 0 spiro atoms. The quantitative estimate of drug-likeness (QED) is 0.721. The predicted octanol–water partition coefficient (Wildman–Crippen LogP) is 2.77. The molecule has 0 bridgehead atoms. The van der Waals surface area contributed by atoms with Gasteiger partial charge >= 0.3 is 0 Å². The number of carbonyl (C=O) groups is 1. The highest BCUT2D eigenvalue weighted by molar-refractivity contribution is 6.39. The molecule has 0 aromatic heterocycles. The topological polar surface area (TPSA) is 35.5 Å². The lowest BCUT2D eigenvalue weighted by atomic mass is 9.88. The van der Waals surface area contributed by atoms with Crippen LogP contribution in [0.2, 0.25) is 0 Å². The number of alkyl halides is 1. The Balaban J connectivity index is 2.19. The van der Waals surface area contributed by atoms with Crippen molar-refractivity contribution >= 4 is 17.4 Å². The summed E-state index contributed by atoms with van der Waals surface area (Å²) in [5.41, 5.74) is 0.553. The van der Waals surface area contributed by atoms with Crippen molar-refractivity contribution in [3.05, 3.63) is 29.8 Å². The molecule has 0 radical (unpaired) electrons. The van der Waals surface area contributed by atoms with Crippen molar-refractivity contribution in [1.82, 2.24) is 0 Å². The second kappa shape index (κ2) is 3.47. The molecule has 2 atom stereocenters. The molecule has 1 aromatic carbocycles. The Morgan fingerprint density at radius 3 is 2.88 bits per heavy atom. The van der Waals surface area contributed by atoms with E-state index in [-0.39, 0.29) is 5.78 Å². The van der Waals surface area contributed by atoms with Gasteiger partial charge in [0, 0.05) is 13.5 Å². The van der Waals surface area contributed by atoms with E-state index in [2.05, 4.69) is 0 Å². The van der Waals surface area contributed by atoms with Gasteiger partial charge in [-0.25, -0.2) is 0 Å². The molecule has 2 aliphatic rings. The summed E-state index contributed by atoms with van der Waals surface area (Å²) in [5, 5.41) is 0. The van der Waals surface area contributed by atoms with E-state index in [4.69, 9.17) is 21.1 Å². The molecular formula is C13H13ClO3. The number of hydrogen-bond acceptors (Lipinski definition) is 3. The van der Waals surface area contributed by atoms with Crippen LogP contribution in [0.3, 0.4) is 0 Å². The number of methoxy groups -OCH3 is 1. The highest BCUT2D eigenvalue weighted by Gasteiger charge is 2.64. The summed E-state index contributed by atoms with van der Waals surface area (Å²) in [4.78, 5) is 11.4. The number of benzene rings is 1. The lowest BCUT2D eigenvalue weighted by Crippen LogP contribution is -2.59. The molecule has 17 heavy (non-hydrogen) atoms. The van der Waals surface area contributed by atoms with Gasteiger partial charge in [-0.2, -0.15) is 0 Å². The van der Waals surface area contributed by atoms with Crippen LogP contribution in [0.4, 0.5) is 0 Å². The zero-order valence-electron chi connectivity index (χ0n) is 9.53. The zero-order chi connectivity index (χ0) is 12.1. The summed E-state index contributed by atoms with van der Waals surface area (Å²) in [6.07, 6.45) is 2.07. The summed E-state index contributed by atoms with van der Waals surface area (Å²) in [7, 11) is 1.55. The smallest absolute Gasteiger partial charge is 0.237 e. The average molecular weight is 253 g/mol. The molecule has 4 heteroatoms. The number of ketones is 1. The Hall–Kier alpha value is -1.06.